The quantitative estimate of drug-likeness (QED) is 0.338. The minimum absolute atomic E-state index is 0.892. The molecule has 1 heterocycles. The maximum Gasteiger partial charge on any atom is 0.673 e. The van der Waals surface area contributed by atoms with Crippen LogP contribution in [0.4, 0.5) is 17.3 Å². The number of nitrogens with zero attached hydrogens (tertiary/aromatic N) is 1. The number of aromatic nitrogens is 1. The summed E-state index contributed by atoms with van der Waals surface area (Å²) < 4.78 is 42.6. The second-order valence-electron chi connectivity index (χ2n) is 3.63. The maximum atomic E-state index is 9.75. The van der Waals surface area contributed by atoms with Crippen molar-refractivity contribution in [3.63, 3.8) is 0 Å². The molecule has 0 aliphatic heterocycles. The van der Waals surface area contributed by atoms with Gasteiger partial charge in [-0.3, -0.25) is 0 Å². The number of benzene rings is 1. The van der Waals surface area contributed by atoms with E-state index in [0.29, 0.717) is 0 Å². The minimum atomic E-state index is -6.00. The topological polar surface area (TPSA) is 3.88 Å². The molecule has 0 N–H and O–H groups in total. The van der Waals surface area contributed by atoms with Gasteiger partial charge in [0.05, 0.1) is 0 Å². The van der Waals surface area contributed by atoms with Crippen molar-refractivity contribution >= 4 is 28.8 Å². The normalized spacial score (nSPS) is 10.9. The van der Waals surface area contributed by atoms with Gasteiger partial charge in [-0.25, -0.2) is 0 Å². The summed E-state index contributed by atoms with van der Waals surface area (Å²) in [5.74, 6) is 0. The molecule has 2 rings (SSSR count). The number of aryl methyl sites for hydroxylation is 1. The van der Waals surface area contributed by atoms with E-state index in [1.165, 1.54) is 15.8 Å². The van der Waals surface area contributed by atoms with Crippen molar-refractivity contribution in [3.8, 4) is 0 Å². The summed E-state index contributed by atoms with van der Waals surface area (Å²) >= 11 is 1.78. The largest absolute Gasteiger partial charge is 0.673 e. The van der Waals surface area contributed by atoms with Crippen LogP contribution in [0.2, 0.25) is 0 Å². The molecule has 0 aliphatic rings. The van der Waals surface area contributed by atoms with E-state index in [9.17, 15) is 17.3 Å². The summed E-state index contributed by atoms with van der Waals surface area (Å²) in [7, 11) is -6.00. The molecule has 1 aromatic heterocycles. The van der Waals surface area contributed by atoms with Gasteiger partial charge in [-0.05, 0) is 24.6 Å². The Morgan fingerprint density at radius 2 is 1.94 bits per heavy atom. The Kier molecular flexibility index (Phi) is 4.89. The highest BCUT2D eigenvalue weighted by Crippen LogP contribution is 2.17. The van der Waals surface area contributed by atoms with E-state index in [1.54, 1.807) is 11.3 Å². The van der Waals surface area contributed by atoms with Crippen LogP contribution in [-0.2, 0) is 6.54 Å². The van der Waals surface area contributed by atoms with Gasteiger partial charge in [0.15, 0.2) is 6.54 Å². The first kappa shape index (κ1) is 14.7. The third-order valence-electron chi connectivity index (χ3n) is 2.06. The van der Waals surface area contributed by atoms with Crippen LogP contribution >= 0.6 is 11.3 Å². The molecule has 0 spiro atoms. The van der Waals surface area contributed by atoms with Gasteiger partial charge in [0, 0.05) is 6.07 Å². The van der Waals surface area contributed by atoms with Gasteiger partial charge < -0.3 is 17.3 Å². The second kappa shape index (κ2) is 5.99. The van der Waals surface area contributed by atoms with Gasteiger partial charge in [0.1, 0.15) is 4.70 Å². The highest BCUT2D eigenvalue weighted by molar-refractivity contribution is 7.16. The van der Waals surface area contributed by atoms with Crippen LogP contribution in [0.5, 0.6) is 0 Å². The molecule has 2 aromatic rings. The Hall–Kier alpha value is -1.37. The number of fused-ring (bicyclic) bond motifs is 1. The lowest BCUT2D eigenvalue weighted by Crippen LogP contribution is -2.29. The van der Waals surface area contributed by atoms with Crippen molar-refractivity contribution in [2.45, 2.75) is 13.5 Å². The molecule has 0 radical (unpaired) electrons. The van der Waals surface area contributed by atoms with Crippen LogP contribution in [0.1, 0.15) is 5.56 Å². The Morgan fingerprint density at radius 1 is 1.33 bits per heavy atom. The summed E-state index contributed by atoms with van der Waals surface area (Å²) in [4.78, 5) is 0. The summed E-state index contributed by atoms with van der Waals surface area (Å²) in [6.45, 7) is 6.76. The molecule has 1 nitrogen and oxygen atoms in total. The molecule has 98 valence electrons. The van der Waals surface area contributed by atoms with Gasteiger partial charge in [0.25, 0.3) is 0 Å². The van der Waals surface area contributed by atoms with Crippen molar-refractivity contribution in [1.82, 2.24) is 0 Å². The Labute approximate surface area is 106 Å². The number of allylic oxidation sites excluding steroid dienone is 1. The van der Waals surface area contributed by atoms with Crippen molar-refractivity contribution < 1.29 is 21.8 Å². The molecule has 0 bridgehead atoms. The zero-order chi connectivity index (χ0) is 13.8. The summed E-state index contributed by atoms with van der Waals surface area (Å²) in [6.07, 6.45) is 1.93. The SMILES string of the molecule is C=CC[n+]1csc2ccc(C)cc21.F[B-](F)(F)F. The summed E-state index contributed by atoms with van der Waals surface area (Å²) in [5.41, 5.74) is 4.76. The van der Waals surface area contributed by atoms with Crippen LogP contribution in [0.25, 0.3) is 10.2 Å². The zero-order valence-corrected chi connectivity index (χ0v) is 10.6. The number of hydrogen-bond donors (Lipinski definition) is 0. The third kappa shape index (κ3) is 4.87. The molecular weight excluding hydrogens is 265 g/mol. The molecule has 0 aliphatic carbocycles. The first-order chi connectivity index (χ1) is 8.31. The Bertz CT molecular complexity index is 529. The predicted molar refractivity (Wildman–Crippen MR) is 67.1 cm³/mol. The number of thiazole rings is 1. The first-order valence-corrected chi connectivity index (χ1v) is 6.04. The van der Waals surface area contributed by atoms with E-state index in [1.807, 2.05) is 6.08 Å². The van der Waals surface area contributed by atoms with Crippen molar-refractivity contribution in [2.24, 2.45) is 0 Å². The van der Waals surface area contributed by atoms with Gasteiger partial charge in [0.2, 0.25) is 11.0 Å². The van der Waals surface area contributed by atoms with Gasteiger partial charge in [-0.1, -0.05) is 24.0 Å². The van der Waals surface area contributed by atoms with Crippen molar-refractivity contribution in [1.29, 1.82) is 0 Å². The zero-order valence-electron chi connectivity index (χ0n) is 9.75. The fourth-order valence-electron chi connectivity index (χ4n) is 1.41. The Balaban J connectivity index is 0.000000280. The number of rotatable bonds is 2. The van der Waals surface area contributed by atoms with Gasteiger partial charge in [-0.2, -0.15) is 4.57 Å². The smallest absolute Gasteiger partial charge is 0.418 e. The highest BCUT2D eigenvalue weighted by Gasteiger charge is 2.20. The molecular formula is C11H12BF4NS. The van der Waals surface area contributed by atoms with Crippen molar-refractivity contribution in [2.75, 3.05) is 0 Å². The van der Waals surface area contributed by atoms with E-state index in [4.69, 9.17) is 0 Å². The molecule has 18 heavy (non-hydrogen) atoms. The van der Waals surface area contributed by atoms with E-state index in [-0.39, 0.29) is 0 Å². The fraction of sp³-hybridized carbons (Fsp3) is 0.182. The van der Waals surface area contributed by atoms with Gasteiger partial charge in [-0.15, -0.1) is 0 Å². The lowest BCUT2D eigenvalue weighted by molar-refractivity contribution is -0.656. The molecule has 0 saturated heterocycles. The number of halogens is 4. The lowest BCUT2D eigenvalue weighted by Gasteiger charge is -1.94. The molecule has 1 aromatic carbocycles. The molecule has 0 amide bonds. The third-order valence-corrected chi connectivity index (χ3v) is 3.02. The van der Waals surface area contributed by atoms with Crippen LogP contribution in [0, 0.1) is 6.92 Å². The minimum Gasteiger partial charge on any atom is -0.418 e. The van der Waals surface area contributed by atoms with E-state index in [2.05, 4.69) is 41.8 Å². The van der Waals surface area contributed by atoms with Crippen LogP contribution in [0.15, 0.2) is 36.4 Å². The fourth-order valence-corrected chi connectivity index (χ4v) is 2.29. The molecule has 7 heteroatoms. The Morgan fingerprint density at radius 3 is 2.50 bits per heavy atom. The number of hydrogen-bond acceptors (Lipinski definition) is 1. The van der Waals surface area contributed by atoms with Crippen molar-refractivity contribution in [3.05, 3.63) is 41.9 Å². The van der Waals surface area contributed by atoms with Gasteiger partial charge >= 0.3 is 7.25 Å². The summed E-state index contributed by atoms with van der Waals surface area (Å²) in [6, 6.07) is 6.54. The molecule has 0 saturated carbocycles. The summed E-state index contributed by atoms with van der Waals surface area (Å²) in [5, 5.41) is 0. The maximum absolute atomic E-state index is 9.75. The first-order valence-electron chi connectivity index (χ1n) is 5.17. The van der Waals surface area contributed by atoms with Crippen LogP contribution in [0.3, 0.4) is 0 Å². The molecule has 0 unspecified atom stereocenters. The average Bonchev–Trinajstić information content (AvgIpc) is 2.59. The second-order valence-corrected chi connectivity index (χ2v) is 4.52. The van der Waals surface area contributed by atoms with Crippen LogP contribution < -0.4 is 4.57 Å². The standard InChI is InChI=1S/C11H12NS.BF4/c1-3-6-12-8-13-11-5-4-9(2)7-10(11)12;2-1(3,4)5/h3-5,7-8H,1,6H2,2H3;/q+1;-1. The highest BCUT2D eigenvalue weighted by atomic mass is 32.1. The van der Waals surface area contributed by atoms with E-state index in [0.717, 1.165) is 6.54 Å². The lowest BCUT2D eigenvalue weighted by atomic mass is 10.2. The molecule has 0 fully saturated rings. The van der Waals surface area contributed by atoms with E-state index < -0.39 is 7.25 Å². The molecule has 0 atom stereocenters. The predicted octanol–water partition coefficient (Wildman–Crippen LogP) is 3.98. The van der Waals surface area contributed by atoms with E-state index >= 15 is 0 Å². The monoisotopic (exact) mass is 277 g/mol. The van der Waals surface area contributed by atoms with Crippen LogP contribution in [-0.4, -0.2) is 7.25 Å². The average molecular weight is 277 g/mol.